The van der Waals surface area contributed by atoms with E-state index in [0.29, 0.717) is 5.75 Å². The van der Waals surface area contributed by atoms with Gasteiger partial charge in [0.05, 0.1) is 13.2 Å². The summed E-state index contributed by atoms with van der Waals surface area (Å²) in [5.41, 5.74) is 4.48. The van der Waals surface area contributed by atoms with Gasteiger partial charge in [-0.25, -0.2) is 9.18 Å². The third kappa shape index (κ3) is 4.84. The molecular formula is C26H26FNO5. The molecule has 7 heteroatoms. The number of aliphatic hydroxyl groups is 2. The van der Waals surface area contributed by atoms with Crippen LogP contribution in [0.5, 0.6) is 5.75 Å². The first-order valence-electron chi connectivity index (χ1n) is 10.8. The van der Waals surface area contributed by atoms with Crippen molar-refractivity contribution in [3.8, 4) is 16.9 Å². The largest absolute Gasteiger partial charge is 0.497 e. The third-order valence-corrected chi connectivity index (χ3v) is 5.94. The zero-order valence-corrected chi connectivity index (χ0v) is 18.2. The van der Waals surface area contributed by atoms with Gasteiger partial charge >= 0.3 is 6.09 Å². The van der Waals surface area contributed by atoms with Gasteiger partial charge in [0.25, 0.3) is 0 Å². The molecule has 0 bridgehead atoms. The molecule has 3 N–H and O–H groups in total. The minimum Gasteiger partial charge on any atom is -0.497 e. The van der Waals surface area contributed by atoms with Gasteiger partial charge in [0.1, 0.15) is 24.3 Å². The average molecular weight is 451 g/mol. The second kappa shape index (κ2) is 10.0. The summed E-state index contributed by atoms with van der Waals surface area (Å²) in [6, 6.07) is 20.1. The molecule has 4 rings (SSSR count). The van der Waals surface area contributed by atoms with Crippen LogP contribution in [-0.4, -0.2) is 42.7 Å². The number of amides is 1. The van der Waals surface area contributed by atoms with Crippen LogP contribution in [0.15, 0.2) is 66.7 Å². The number of aliphatic hydroxyl groups excluding tert-OH is 2. The molecule has 0 fully saturated rings. The maximum Gasteiger partial charge on any atom is 0.407 e. The number of ether oxygens (including phenoxy) is 2. The molecular weight excluding hydrogens is 425 g/mol. The van der Waals surface area contributed by atoms with E-state index < -0.39 is 24.1 Å². The average Bonchev–Trinajstić information content (AvgIpc) is 3.16. The van der Waals surface area contributed by atoms with Crippen molar-refractivity contribution in [1.82, 2.24) is 5.32 Å². The molecule has 3 aromatic rings. The molecule has 0 saturated carbocycles. The fourth-order valence-electron chi connectivity index (χ4n) is 4.21. The lowest BCUT2D eigenvalue weighted by atomic mass is 9.98. The Bertz CT molecular complexity index is 1090. The van der Waals surface area contributed by atoms with Gasteiger partial charge < -0.3 is 25.0 Å². The second-order valence-electron chi connectivity index (χ2n) is 7.94. The van der Waals surface area contributed by atoms with E-state index in [0.717, 1.165) is 28.3 Å². The summed E-state index contributed by atoms with van der Waals surface area (Å²) < 4.78 is 24.5. The highest BCUT2D eigenvalue weighted by Crippen LogP contribution is 2.44. The van der Waals surface area contributed by atoms with Crippen molar-refractivity contribution in [3.63, 3.8) is 0 Å². The summed E-state index contributed by atoms with van der Waals surface area (Å²) in [5.74, 6) is -0.408. The molecule has 0 radical (unpaired) electrons. The molecule has 33 heavy (non-hydrogen) atoms. The molecule has 0 aromatic heterocycles. The number of benzene rings is 3. The maximum absolute atomic E-state index is 14.1. The van der Waals surface area contributed by atoms with Gasteiger partial charge in [-0.1, -0.05) is 48.5 Å². The van der Waals surface area contributed by atoms with Crippen molar-refractivity contribution in [2.45, 2.75) is 24.5 Å². The molecule has 1 aliphatic carbocycles. The lowest BCUT2D eigenvalue weighted by molar-refractivity contribution is 0.0116. The highest BCUT2D eigenvalue weighted by atomic mass is 19.1. The molecule has 0 heterocycles. The van der Waals surface area contributed by atoms with Crippen LogP contribution in [0.25, 0.3) is 11.1 Å². The van der Waals surface area contributed by atoms with Crippen LogP contribution < -0.4 is 10.1 Å². The van der Waals surface area contributed by atoms with E-state index >= 15 is 0 Å². The van der Waals surface area contributed by atoms with E-state index in [1.165, 1.54) is 19.2 Å². The van der Waals surface area contributed by atoms with Crippen LogP contribution in [0.2, 0.25) is 0 Å². The SMILES string of the molecule is COc1ccc(C(O)C(O)CCNC(=O)OCC2c3ccccc3-c3ccccc32)c(F)c1. The minimum absolute atomic E-state index is 0.0246. The first-order chi connectivity index (χ1) is 16.0. The van der Waals surface area contributed by atoms with Crippen LogP contribution in [0.3, 0.4) is 0 Å². The number of hydrogen-bond donors (Lipinski definition) is 3. The number of halogens is 1. The topological polar surface area (TPSA) is 88.0 Å². The van der Waals surface area contributed by atoms with Crippen LogP contribution in [0.1, 0.15) is 35.1 Å². The normalized spacial score (nSPS) is 14.2. The number of carbonyl (C=O) groups is 1. The van der Waals surface area contributed by atoms with Crippen LogP contribution >= 0.6 is 0 Å². The predicted octanol–water partition coefficient (Wildman–Crippen LogP) is 4.16. The summed E-state index contributed by atoms with van der Waals surface area (Å²) in [7, 11) is 1.41. The van der Waals surface area contributed by atoms with Crippen LogP contribution in [0, 0.1) is 5.82 Å². The van der Waals surface area contributed by atoms with Gasteiger partial charge in [0.15, 0.2) is 0 Å². The Kier molecular flexibility index (Phi) is 6.91. The second-order valence-corrected chi connectivity index (χ2v) is 7.94. The Labute approximate surface area is 191 Å². The zero-order valence-electron chi connectivity index (χ0n) is 18.2. The quantitative estimate of drug-likeness (QED) is 0.479. The van der Waals surface area contributed by atoms with Gasteiger partial charge in [0, 0.05) is 24.1 Å². The monoisotopic (exact) mass is 451 g/mol. The Balaban J connectivity index is 1.28. The number of alkyl carbamates (subject to hydrolysis) is 1. The molecule has 172 valence electrons. The lowest BCUT2D eigenvalue weighted by Gasteiger charge is -2.19. The van der Waals surface area contributed by atoms with E-state index in [4.69, 9.17) is 9.47 Å². The van der Waals surface area contributed by atoms with Gasteiger partial charge in [-0.15, -0.1) is 0 Å². The number of fused-ring (bicyclic) bond motifs is 3. The number of rotatable bonds is 8. The Morgan fingerprint density at radius 2 is 1.67 bits per heavy atom. The van der Waals surface area contributed by atoms with Crippen molar-refractivity contribution < 1.29 is 28.9 Å². The van der Waals surface area contributed by atoms with Crippen LogP contribution in [0.4, 0.5) is 9.18 Å². The number of carbonyl (C=O) groups excluding carboxylic acids is 1. The summed E-state index contributed by atoms with van der Waals surface area (Å²) in [4.78, 5) is 12.2. The molecule has 0 spiro atoms. The maximum atomic E-state index is 14.1. The Hall–Kier alpha value is -3.42. The molecule has 1 amide bonds. The standard InChI is InChI=1S/C26H26FNO5/c1-32-16-10-11-21(23(27)14-16)25(30)24(29)12-13-28-26(31)33-15-22-19-8-4-2-6-17(19)18-7-3-5-9-20(18)22/h2-11,14,22,24-25,29-30H,12-13,15H2,1H3,(H,28,31). The minimum atomic E-state index is -1.43. The van der Waals surface area contributed by atoms with E-state index in [1.807, 2.05) is 36.4 Å². The fraction of sp³-hybridized carbons (Fsp3) is 0.269. The van der Waals surface area contributed by atoms with Crippen molar-refractivity contribution >= 4 is 6.09 Å². The van der Waals surface area contributed by atoms with E-state index in [1.54, 1.807) is 0 Å². The first kappa shape index (κ1) is 22.8. The number of nitrogens with one attached hydrogen (secondary N) is 1. The highest BCUT2D eigenvalue weighted by Gasteiger charge is 2.29. The van der Waals surface area contributed by atoms with Gasteiger partial charge in [-0.05, 0) is 40.8 Å². The van der Waals surface area contributed by atoms with Crippen LogP contribution in [-0.2, 0) is 4.74 Å². The lowest BCUT2D eigenvalue weighted by Crippen LogP contribution is -2.30. The molecule has 6 nitrogen and oxygen atoms in total. The van der Waals surface area contributed by atoms with Crippen molar-refractivity contribution in [2.75, 3.05) is 20.3 Å². The zero-order chi connectivity index (χ0) is 23.4. The number of methoxy groups -OCH3 is 1. The van der Waals surface area contributed by atoms with Crippen molar-refractivity contribution in [2.24, 2.45) is 0 Å². The van der Waals surface area contributed by atoms with Crippen molar-refractivity contribution in [1.29, 1.82) is 0 Å². The summed E-state index contributed by atoms with van der Waals surface area (Å²) in [5, 5.41) is 23.1. The molecule has 0 saturated heterocycles. The summed E-state index contributed by atoms with van der Waals surface area (Å²) in [6.45, 7) is 0.245. The van der Waals surface area contributed by atoms with Gasteiger partial charge in [-0.2, -0.15) is 0 Å². The van der Waals surface area contributed by atoms with Gasteiger partial charge in [0.2, 0.25) is 0 Å². The predicted molar refractivity (Wildman–Crippen MR) is 122 cm³/mol. The summed E-state index contributed by atoms with van der Waals surface area (Å²) in [6.07, 6.45) is -3.28. The third-order valence-electron chi connectivity index (χ3n) is 5.94. The van der Waals surface area contributed by atoms with E-state index in [2.05, 4.69) is 17.4 Å². The van der Waals surface area contributed by atoms with E-state index in [9.17, 15) is 19.4 Å². The summed E-state index contributed by atoms with van der Waals surface area (Å²) >= 11 is 0. The Morgan fingerprint density at radius 3 is 2.27 bits per heavy atom. The fourth-order valence-corrected chi connectivity index (χ4v) is 4.21. The smallest absolute Gasteiger partial charge is 0.407 e. The molecule has 0 aliphatic heterocycles. The van der Waals surface area contributed by atoms with Crippen molar-refractivity contribution in [3.05, 3.63) is 89.2 Å². The molecule has 3 aromatic carbocycles. The Morgan fingerprint density at radius 1 is 1.03 bits per heavy atom. The van der Waals surface area contributed by atoms with E-state index in [-0.39, 0.29) is 31.1 Å². The first-order valence-corrected chi connectivity index (χ1v) is 10.8. The molecule has 2 unspecified atom stereocenters. The molecule has 2 atom stereocenters. The highest BCUT2D eigenvalue weighted by molar-refractivity contribution is 5.79. The number of hydrogen-bond acceptors (Lipinski definition) is 5. The van der Waals surface area contributed by atoms with Gasteiger partial charge in [-0.3, -0.25) is 0 Å². The molecule has 1 aliphatic rings.